The van der Waals surface area contributed by atoms with E-state index in [0.29, 0.717) is 0 Å². The molecule has 106 valence electrons. The quantitative estimate of drug-likeness (QED) is 0.752. The van der Waals surface area contributed by atoms with Crippen molar-refractivity contribution in [2.75, 3.05) is 6.54 Å². The van der Waals surface area contributed by atoms with E-state index in [0.717, 1.165) is 40.5 Å². The topological polar surface area (TPSA) is 24.9 Å². The second kappa shape index (κ2) is 7.00. The van der Waals surface area contributed by atoms with Gasteiger partial charge in [0.15, 0.2) is 0 Å². The minimum absolute atomic E-state index is 0.214. The van der Waals surface area contributed by atoms with Crippen molar-refractivity contribution in [2.45, 2.75) is 32.7 Å². The van der Waals surface area contributed by atoms with Crippen LogP contribution < -0.4 is 5.32 Å². The van der Waals surface area contributed by atoms with Gasteiger partial charge in [0, 0.05) is 9.86 Å². The number of hydrogen-bond acceptors (Lipinski definition) is 2. The Morgan fingerprint density at radius 2 is 2.10 bits per heavy atom. The van der Waals surface area contributed by atoms with Crippen LogP contribution >= 0.6 is 15.9 Å². The van der Waals surface area contributed by atoms with E-state index in [1.54, 1.807) is 0 Å². The average molecular weight is 333 g/mol. The molecule has 20 heavy (non-hydrogen) atoms. The van der Waals surface area contributed by atoms with Gasteiger partial charge in [-0.25, -0.2) is 4.98 Å². The molecule has 2 aromatic rings. The highest BCUT2D eigenvalue weighted by atomic mass is 79.9. The van der Waals surface area contributed by atoms with Crippen LogP contribution in [0.2, 0.25) is 0 Å². The van der Waals surface area contributed by atoms with Gasteiger partial charge in [0.05, 0.1) is 17.3 Å². The molecule has 2 rings (SSSR count). The number of aromatic nitrogens is 1. The lowest BCUT2D eigenvalue weighted by molar-refractivity contribution is 0.530. The molecule has 0 aliphatic rings. The van der Waals surface area contributed by atoms with Crippen LogP contribution in [0.5, 0.6) is 0 Å². The Bertz CT molecular complexity index is 607. The number of hydrogen-bond donors (Lipinski definition) is 1. The van der Waals surface area contributed by atoms with Crippen molar-refractivity contribution < 1.29 is 0 Å². The van der Waals surface area contributed by atoms with Crippen molar-refractivity contribution in [3.63, 3.8) is 0 Å². The van der Waals surface area contributed by atoms with Gasteiger partial charge in [0.2, 0.25) is 0 Å². The van der Waals surface area contributed by atoms with E-state index in [4.69, 9.17) is 4.98 Å². The third-order valence-electron chi connectivity index (χ3n) is 3.48. The molecular weight excluding hydrogens is 312 g/mol. The molecule has 1 heterocycles. The van der Waals surface area contributed by atoms with Gasteiger partial charge in [-0.05, 0) is 47.4 Å². The molecule has 0 saturated carbocycles. The monoisotopic (exact) mass is 332 g/mol. The molecule has 0 radical (unpaired) electrons. The fraction of sp³-hybridized carbons (Fsp3) is 0.353. The summed E-state index contributed by atoms with van der Waals surface area (Å²) in [7, 11) is 0. The van der Waals surface area contributed by atoms with Crippen molar-refractivity contribution in [1.29, 1.82) is 0 Å². The number of fused-ring (bicyclic) bond motifs is 1. The van der Waals surface area contributed by atoms with Crippen LogP contribution in [0, 0.1) is 0 Å². The maximum atomic E-state index is 4.83. The van der Waals surface area contributed by atoms with Gasteiger partial charge in [-0.1, -0.05) is 44.2 Å². The third-order valence-corrected chi connectivity index (χ3v) is 4.11. The first-order chi connectivity index (χ1) is 9.65. The van der Waals surface area contributed by atoms with Gasteiger partial charge in [-0.2, -0.15) is 0 Å². The molecule has 0 fully saturated rings. The molecule has 0 spiro atoms. The molecular formula is C17H21BrN2. The summed E-state index contributed by atoms with van der Waals surface area (Å²) in [6.45, 7) is 9.32. The predicted octanol–water partition coefficient (Wildman–Crippen LogP) is 5.00. The van der Waals surface area contributed by atoms with E-state index < -0.39 is 0 Å². The summed E-state index contributed by atoms with van der Waals surface area (Å²) in [6, 6.07) is 10.6. The summed E-state index contributed by atoms with van der Waals surface area (Å²) in [6.07, 6.45) is 1.93. The Kier molecular flexibility index (Phi) is 5.32. The van der Waals surface area contributed by atoms with Crippen LogP contribution in [0.15, 0.2) is 47.0 Å². The number of pyridine rings is 1. The van der Waals surface area contributed by atoms with Crippen LogP contribution in [0.3, 0.4) is 0 Å². The first-order valence-electron chi connectivity index (χ1n) is 7.10. The molecule has 1 atom stereocenters. The molecule has 1 N–H and O–H groups in total. The van der Waals surface area contributed by atoms with Gasteiger partial charge in [-0.15, -0.1) is 0 Å². The van der Waals surface area contributed by atoms with Gasteiger partial charge in [-0.3, -0.25) is 0 Å². The van der Waals surface area contributed by atoms with Gasteiger partial charge >= 0.3 is 0 Å². The first-order valence-corrected chi connectivity index (χ1v) is 7.90. The molecule has 0 amide bonds. The highest BCUT2D eigenvalue weighted by Gasteiger charge is 2.16. The van der Waals surface area contributed by atoms with E-state index in [9.17, 15) is 0 Å². The number of para-hydroxylation sites is 1. The Morgan fingerprint density at radius 3 is 2.80 bits per heavy atom. The molecule has 0 aliphatic heterocycles. The lowest BCUT2D eigenvalue weighted by atomic mass is 10.0. The number of rotatable bonds is 6. The van der Waals surface area contributed by atoms with Gasteiger partial charge < -0.3 is 5.32 Å². The SMILES string of the molecule is C=C(CC)CC(NCC)c1nc2ccccc2cc1Br. The summed E-state index contributed by atoms with van der Waals surface area (Å²) >= 11 is 3.67. The van der Waals surface area contributed by atoms with Crippen molar-refractivity contribution in [3.8, 4) is 0 Å². The molecule has 1 unspecified atom stereocenters. The molecule has 1 aromatic carbocycles. The molecule has 0 aliphatic carbocycles. The van der Waals surface area contributed by atoms with Gasteiger partial charge in [0.1, 0.15) is 0 Å². The van der Waals surface area contributed by atoms with Crippen LogP contribution in [-0.4, -0.2) is 11.5 Å². The van der Waals surface area contributed by atoms with Crippen molar-refractivity contribution in [1.82, 2.24) is 10.3 Å². The van der Waals surface area contributed by atoms with Crippen LogP contribution in [0.25, 0.3) is 10.9 Å². The van der Waals surface area contributed by atoms with Crippen molar-refractivity contribution >= 4 is 26.8 Å². The number of benzene rings is 1. The van der Waals surface area contributed by atoms with Crippen molar-refractivity contribution in [3.05, 3.63) is 52.7 Å². The zero-order valence-electron chi connectivity index (χ0n) is 12.1. The average Bonchev–Trinajstić information content (AvgIpc) is 2.46. The lowest BCUT2D eigenvalue weighted by Crippen LogP contribution is -2.22. The second-order valence-corrected chi connectivity index (χ2v) is 5.82. The Balaban J connectivity index is 2.41. The van der Waals surface area contributed by atoms with Gasteiger partial charge in [0.25, 0.3) is 0 Å². The predicted molar refractivity (Wildman–Crippen MR) is 89.9 cm³/mol. The Hall–Kier alpha value is -1.19. The van der Waals surface area contributed by atoms with E-state index >= 15 is 0 Å². The van der Waals surface area contributed by atoms with Crippen LogP contribution in [0.4, 0.5) is 0 Å². The minimum Gasteiger partial charge on any atom is -0.309 e. The van der Waals surface area contributed by atoms with Crippen molar-refractivity contribution in [2.24, 2.45) is 0 Å². The number of nitrogens with zero attached hydrogens (tertiary/aromatic N) is 1. The van der Waals surface area contributed by atoms with E-state index in [1.807, 2.05) is 12.1 Å². The highest BCUT2D eigenvalue weighted by molar-refractivity contribution is 9.10. The molecule has 0 saturated heterocycles. The van der Waals surface area contributed by atoms with E-state index in [1.165, 1.54) is 5.57 Å². The molecule has 1 aromatic heterocycles. The normalized spacial score (nSPS) is 12.6. The second-order valence-electron chi connectivity index (χ2n) is 4.97. The summed E-state index contributed by atoms with van der Waals surface area (Å²) in [5, 5.41) is 4.68. The largest absolute Gasteiger partial charge is 0.309 e. The van der Waals surface area contributed by atoms with E-state index in [2.05, 4.69) is 59.9 Å². The minimum atomic E-state index is 0.214. The smallest absolute Gasteiger partial charge is 0.0725 e. The van der Waals surface area contributed by atoms with Crippen LogP contribution in [-0.2, 0) is 0 Å². The standard InChI is InChI=1S/C17H21BrN2/c1-4-12(3)10-16(19-5-2)17-14(18)11-13-8-6-7-9-15(13)20-17/h6-9,11,16,19H,3-5,10H2,1-2H3. The molecule has 2 nitrogen and oxygen atoms in total. The zero-order chi connectivity index (χ0) is 14.5. The number of nitrogens with one attached hydrogen (secondary N) is 1. The third kappa shape index (κ3) is 3.47. The lowest BCUT2D eigenvalue weighted by Gasteiger charge is -2.20. The summed E-state index contributed by atoms with van der Waals surface area (Å²) in [5.74, 6) is 0. The fourth-order valence-electron chi connectivity index (χ4n) is 2.29. The zero-order valence-corrected chi connectivity index (χ0v) is 13.7. The van der Waals surface area contributed by atoms with Crippen LogP contribution in [0.1, 0.15) is 38.4 Å². The fourth-order valence-corrected chi connectivity index (χ4v) is 2.91. The number of halogens is 1. The highest BCUT2D eigenvalue weighted by Crippen LogP contribution is 2.29. The maximum Gasteiger partial charge on any atom is 0.0725 e. The summed E-state index contributed by atoms with van der Waals surface area (Å²) in [4.78, 5) is 4.83. The van der Waals surface area contributed by atoms with E-state index in [-0.39, 0.29) is 6.04 Å². The first kappa shape index (κ1) is 15.2. The molecule has 3 heteroatoms. The molecule has 0 bridgehead atoms. The summed E-state index contributed by atoms with van der Waals surface area (Å²) < 4.78 is 1.06. The maximum absolute atomic E-state index is 4.83. The Labute approximate surface area is 129 Å². The summed E-state index contributed by atoms with van der Waals surface area (Å²) in [5.41, 5.74) is 3.36. The Morgan fingerprint density at radius 1 is 1.35 bits per heavy atom.